The van der Waals surface area contributed by atoms with Crippen LogP contribution in [-0.2, 0) is 4.74 Å². The monoisotopic (exact) mass is 216 g/mol. The van der Waals surface area contributed by atoms with Crippen LogP contribution in [-0.4, -0.2) is 18.2 Å². The van der Waals surface area contributed by atoms with E-state index in [1.165, 1.54) is 12.8 Å². The Bertz CT molecular complexity index is 150. The Balaban J connectivity index is 3.92. The number of rotatable bonds is 7. The lowest BCUT2D eigenvalue weighted by atomic mass is 9.95. The zero-order chi connectivity index (χ0) is 11.9. The Morgan fingerprint density at radius 3 is 2.07 bits per heavy atom. The normalized spacial score (nSPS) is 14.6. The molecule has 1 unspecified atom stereocenters. The molecule has 0 aromatic rings. The predicted octanol–water partition coefficient (Wildman–Crippen LogP) is 2.46. The molecular weight excluding hydrogens is 188 g/mol. The molecule has 0 bridgehead atoms. The lowest BCUT2D eigenvalue weighted by Crippen LogP contribution is -2.41. The molecule has 0 heterocycles. The Kier molecular flexibility index (Phi) is 7.14. The fourth-order valence-corrected chi connectivity index (χ4v) is 1.56. The molecule has 0 rings (SSSR count). The Hall–Kier alpha value is -0.120. The molecule has 0 aliphatic heterocycles. The fraction of sp³-hybridized carbons (Fsp3) is 1.00. The first-order valence-corrected chi connectivity index (χ1v) is 6.03. The third-order valence-corrected chi connectivity index (χ3v) is 2.73. The van der Waals surface area contributed by atoms with E-state index in [1.54, 1.807) is 0 Å². The van der Waals surface area contributed by atoms with Crippen LogP contribution >= 0.6 is 0 Å². The number of nitrogens with two attached hydrogens (primary N) is 1. The minimum absolute atomic E-state index is 0.0803. The van der Waals surface area contributed by atoms with E-state index in [1.807, 2.05) is 0 Å². The van der Waals surface area contributed by atoms with E-state index in [9.17, 15) is 0 Å². The van der Waals surface area contributed by atoms with E-state index in [4.69, 9.17) is 10.6 Å². The predicted molar refractivity (Wildman–Crippen MR) is 65.5 cm³/mol. The zero-order valence-corrected chi connectivity index (χ0v) is 11.0. The van der Waals surface area contributed by atoms with Crippen molar-refractivity contribution < 1.29 is 4.74 Å². The van der Waals surface area contributed by atoms with Gasteiger partial charge >= 0.3 is 0 Å². The molecule has 1 atom stereocenters. The minimum atomic E-state index is -0.0803. The summed E-state index contributed by atoms with van der Waals surface area (Å²) >= 11 is 0. The van der Waals surface area contributed by atoms with E-state index in [0.29, 0.717) is 6.61 Å². The zero-order valence-electron chi connectivity index (χ0n) is 11.0. The fourth-order valence-electron chi connectivity index (χ4n) is 1.56. The molecule has 0 radical (unpaired) electrons. The average Bonchev–Trinajstić information content (AvgIpc) is 2.17. The summed E-state index contributed by atoms with van der Waals surface area (Å²) in [6.07, 6.45) is 3.52. The molecule has 0 aromatic heterocycles. The summed E-state index contributed by atoms with van der Waals surface area (Å²) in [5.41, 5.74) is 2.77. The highest BCUT2D eigenvalue weighted by atomic mass is 16.5. The van der Waals surface area contributed by atoms with Crippen molar-refractivity contribution in [2.24, 2.45) is 11.8 Å². The summed E-state index contributed by atoms with van der Waals surface area (Å²) in [6, 6.07) is 0.272. The molecule has 3 heteroatoms. The van der Waals surface area contributed by atoms with Gasteiger partial charge < -0.3 is 4.74 Å². The van der Waals surface area contributed by atoms with Gasteiger partial charge in [-0.05, 0) is 33.1 Å². The lowest BCUT2D eigenvalue weighted by molar-refractivity contribution is -0.0174. The Morgan fingerprint density at radius 1 is 1.20 bits per heavy atom. The molecule has 92 valence electrons. The second kappa shape index (κ2) is 7.20. The van der Waals surface area contributed by atoms with Crippen molar-refractivity contribution >= 4 is 0 Å². The largest absolute Gasteiger partial charge is 0.374 e. The third kappa shape index (κ3) is 7.77. The van der Waals surface area contributed by atoms with Crippen LogP contribution in [0.4, 0.5) is 0 Å². The summed E-state index contributed by atoms with van der Waals surface area (Å²) in [6.45, 7) is 11.3. The van der Waals surface area contributed by atoms with Gasteiger partial charge in [0.2, 0.25) is 0 Å². The van der Waals surface area contributed by atoms with Crippen LogP contribution in [0.25, 0.3) is 0 Å². The summed E-state index contributed by atoms with van der Waals surface area (Å²) in [4.78, 5) is 0. The molecule has 0 aromatic carbocycles. The van der Waals surface area contributed by atoms with Crippen molar-refractivity contribution in [1.82, 2.24) is 5.43 Å². The van der Waals surface area contributed by atoms with Gasteiger partial charge in [-0.15, -0.1) is 0 Å². The lowest BCUT2D eigenvalue weighted by Gasteiger charge is -2.26. The van der Waals surface area contributed by atoms with E-state index in [2.05, 4.69) is 40.0 Å². The second-order valence-electron chi connectivity index (χ2n) is 5.21. The highest BCUT2D eigenvalue weighted by molar-refractivity contribution is 4.70. The molecule has 0 fully saturated rings. The molecule has 0 aliphatic carbocycles. The van der Waals surface area contributed by atoms with Crippen LogP contribution in [0.1, 0.15) is 53.9 Å². The molecule has 0 aliphatic rings. The molecule has 0 spiro atoms. The van der Waals surface area contributed by atoms with Crippen molar-refractivity contribution in [2.45, 2.75) is 65.5 Å². The van der Waals surface area contributed by atoms with Crippen LogP contribution in [0.2, 0.25) is 0 Å². The van der Waals surface area contributed by atoms with Gasteiger partial charge in [0.25, 0.3) is 0 Å². The van der Waals surface area contributed by atoms with Crippen molar-refractivity contribution in [3.05, 3.63) is 0 Å². The maximum absolute atomic E-state index is 5.73. The molecular formula is C12H28N2O. The second-order valence-corrected chi connectivity index (χ2v) is 5.21. The van der Waals surface area contributed by atoms with Gasteiger partial charge in [0.05, 0.1) is 12.2 Å². The maximum atomic E-state index is 5.73. The first-order valence-electron chi connectivity index (χ1n) is 6.03. The topological polar surface area (TPSA) is 47.3 Å². The smallest absolute Gasteiger partial charge is 0.0640 e. The summed E-state index contributed by atoms with van der Waals surface area (Å²) in [5.74, 6) is 6.27. The standard InChI is InChI=1S/C12H28N2O/c1-6-10(7-2)8-11(14-13)9-15-12(3,4)5/h10-11,14H,6-9,13H2,1-5H3. The van der Waals surface area contributed by atoms with E-state index in [0.717, 1.165) is 12.3 Å². The van der Waals surface area contributed by atoms with E-state index < -0.39 is 0 Å². The van der Waals surface area contributed by atoms with Gasteiger partial charge in [-0.1, -0.05) is 26.7 Å². The highest BCUT2D eigenvalue weighted by Crippen LogP contribution is 2.16. The number of nitrogens with one attached hydrogen (secondary N) is 1. The van der Waals surface area contributed by atoms with Crippen molar-refractivity contribution in [2.75, 3.05) is 6.61 Å². The van der Waals surface area contributed by atoms with Gasteiger partial charge in [0.15, 0.2) is 0 Å². The summed E-state index contributed by atoms with van der Waals surface area (Å²) in [5, 5.41) is 0. The number of hydrogen-bond donors (Lipinski definition) is 2. The molecule has 3 nitrogen and oxygen atoms in total. The molecule has 0 saturated heterocycles. The summed E-state index contributed by atoms with van der Waals surface area (Å²) in [7, 11) is 0. The Labute approximate surface area is 94.7 Å². The first kappa shape index (κ1) is 14.9. The molecule has 0 amide bonds. The van der Waals surface area contributed by atoms with Crippen LogP contribution in [0.5, 0.6) is 0 Å². The molecule has 3 N–H and O–H groups in total. The number of ether oxygens (including phenoxy) is 1. The van der Waals surface area contributed by atoms with Crippen molar-refractivity contribution in [3.63, 3.8) is 0 Å². The molecule has 15 heavy (non-hydrogen) atoms. The number of hydrogen-bond acceptors (Lipinski definition) is 3. The molecule has 0 saturated carbocycles. The van der Waals surface area contributed by atoms with Crippen LogP contribution in [0.15, 0.2) is 0 Å². The highest BCUT2D eigenvalue weighted by Gasteiger charge is 2.17. The minimum Gasteiger partial charge on any atom is -0.374 e. The van der Waals surface area contributed by atoms with Crippen molar-refractivity contribution in [3.8, 4) is 0 Å². The van der Waals surface area contributed by atoms with Gasteiger partial charge in [-0.2, -0.15) is 0 Å². The van der Waals surface area contributed by atoms with Crippen LogP contribution < -0.4 is 11.3 Å². The maximum Gasteiger partial charge on any atom is 0.0640 e. The third-order valence-electron chi connectivity index (χ3n) is 2.73. The van der Waals surface area contributed by atoms with E-state index >= 15 is 0 Å². The van der Waals surface area contributed by atoms with Gasteiger partial charge in [0.1, 0.15) is 0 Å². The van der Waals surface area contributed by atoms with E-state index in [-0.39, 0.29) is 11.6 Å². The van der Waals surface area contributed by atoms with Gasteiger partial charge in [-0.25, -0.2) is 0 Å². The average molecular weight is 216 g/mol. The van der Waals surface area contributed by atoms with Gasteiger partial charge in [0, 0.05) is 6.04 Å². The Morgan fingerprint density at radius 2 is 1.73 bits per heavy atom. The SMILES string of the molecule is CCC(CC)CC(COC(C)(C)C)NN. The number of hydrazine groups is 1. The van der Waals surface area contributed by atoms with Crippen LogP contribution in [0, 0.1) is 5.92 Å². The van der Waals surface area contributed by atoms with Gasteiger partial charge in [-0.3, -0.25) is 11.3 Å². The van der Waals surface area contributed by atoms with Crippen LogP contribution in [0.3, 0.4) is 0 Å². The quantitative estimate of drug-likeness (QED) is 0.507. The summed E-state index contributed by atoms with van der Waals surface area (Å²) < 4.78 is 5.73. The first-order chi connectivity index (χ1) is 6.92. The van der Waals surface area contributed by atoms with Crippen molar-refractivity contribution in [1.29, 1.82) is 0 Å².